The number of ether oxygens (including phenoxy) is 1. The number of hydrogen-bond acceptors (Lipinski definition) is 3. The van der Waals surface area contributed by atoms with E-state index >= 15 is 0 Å². The van der Waals surface area contributed by atoms with Gasteiger partial charge in [-0.3, -0.25) is 0 Å². The van der Waals surface area contributed by atoms with Gasteiger partial charge in [-0.15, -0.1) is 0 Å². The molecule has 4 nitrogen and oxygen atoms in total. The maximum atomic E-state index is 12.4. The molecule has 0 saturated heterocycles. The molecular weight excluding hydrogens is 369 g/mol. The van der Waals surface area contributed by atoms with Crippen LogP contribution in [-0.4, -0.2) is 39.5 Å². The van der Waals surface area contributed by atoms with Crippen LogP contribution in [0, 0.1) is 0 Å². The first-order valence-corrected chi connectivity index (χ1v) is 9.76. The van der Waals surface area contributed by atoms with E-state index in [-0.39, 0.29) is 20.9 Å². The van der Waals surface area contributed by atoms with Crippen molar-refractivity contribution in [3.63, 3.8) is 0 Å². The second-order valence-electron chi connectivity index (χ2n) is 5.56. The Morgan fingerprint density at radius 2 is 1.62 bits per heavy atom. The Morgan fingerprint density at radius 1 is 1.04 bits per heavy atom. The molecule has 0 bridgehead atoms. The quantitative estimate of drug-likeness (QED) is 0.583. The Bertz CT molecular complexity index is 676. The van der Waals surface area contributed by atoms with Crippen LogP contribution in [0.4, 0.5) is 0 Å². The van der Waals surface area contributed by atoms with Crippen molar-refractivity contribution >= 4 is 31.3 Å². The third-order valence-corrected chi connectivity index (χ3v) is 5.80. The molecule has 0 fully saturated rings. The van der Waals surface area contributed by atoms with E-state index in [1.807, 2.05) is 24.3 Å². The zero-order valence-corrected chi connectivity index (χ0v) is 15.5. The normalized spacial score (nSPS) is 12.9. The molecule has 0 aliphatic rings. The van der Waals surface area contributed by atoms with E-state index in [2.05, 4.69) is 17.4 Å². The van der Waals surface area contributed by atoms with E-state index in [4.69, 9.17) is 4.74 Å². The monoisotopic (exact) mass is 391 g/mol. The summed E-state index contributed by atoms with van der Waals surface area (Å²) in [6.07, 6.45) is 0.535. The minimum atomic E-state index is -1.03. The fraction of sp³-hybridized carbons (Fsp3) is 0.263. The van der Waals surface area contributed by atoms with E-state index in [0.29, 0.717) is 12.0 Å². The van der Waals surface area contributed by atoms with Crippen molar-refractivity contribution in [1.82, 2.24) is 5.32 Å². The van der Waals surface area contributed by atoms with E-state index in [1.54, 1.807) is 31.2 Å². The van der Waals surface area contributed by atoms with E-state index < -0.39 is 11.5 Å². The molecule has 1 N–H and O–H groups in total. The van der Waals surface area contributed by atoms with Crippen molar-refractivity contribution < 1.29 is 14.3 Å². The second kappa shape index (κ2) is 8.67. The van der Waals surface area contributed by atoms with Crippen LogP contribution in [0.1, 0.15) is 23.7 Å². The van der Waals surface area contributed by atoms with Gasteiger partial charge in [0.2, 0.25) is 0 Å². The van der Waals surface area contributed by atoms with Crippen molar-refractivity contribution in [3.05, 3.63) is 66.2 Å². The van der Waals surface area contributed by atoms with Gasteiger partial charge in [-0.05, 0) is 0 Å². The van der Waals surface area contributed by atoms with Crippen molar-refractivity contribution in [2.24, 2.45) is 0 Å². The fourth-order valence-corrected chi connectivity index (χ4v) is 4.54. The Kier molecular flexibility index (Phi) is 6.59. The van der Waals surface area contributed by atoms with Crippen LogP contribution in [-0.2, 0) is 9.53 Å². The summed E-state index contributed by atoms with van der Waals surface area (Å²) in [6.45, 7) is 1.72. The van der Waals surface area contributed by atoms with Crippen molar-refractivity contribution in [1.29, 1.82) is 0 Å². The molecule has 2 aromatic carbocycles. The van der Waals surface area contributed by atoms with Crippen LogP contribution in [0.5, 0.6) is 0 Å². The first-order chi connectivity index (χ1) is 11.5. The number of benzene rings is 2. The molecule has 2 rings (SSSR count). The molecule has 24 heavy (non-hydrogen) atoms. The van der Waals surface area contributed by atoms with Crippen molar-refractivity contribution in [2.45, 2.75) is 24.2 Å². The van der Waals surface area contributed by atoms with E-state index in [0.717, 1.165) is 5.32 Å². The minimum absolute atomic E-state index is 0.244. The Morgan fingerprint density at radius 3 is 2.21 bits per heavy atom. The molecule has 126 valence electrons. The van der Waals surface area contributed by atoms with Crippen LogP contribution in [0.15, 0.2) is 60.7 Å². The van der Waals surface area contributed by atoms with Crippen LogP contribution in [0.2, 0.25) is 5.32 Å². The van der Waals surface area contributed by atoms with Gasteiger partial charge in [0.1, 0.15) is 0 Å². The van der Waals surface area contributed by atoms with Crippen molar-refractivity contribution in [3.8, 4) is 0 Å². The Labute approximate surface area is 148 Å². The maximum absolute atomic E-state index is 12.4. The fourth-order valence-electron chi connectivity index (χ4n) is 2.24. The van der Waals surface area contributed by atoms with Crippen LogP contribution < -0.4 is 9.78 Å². The molecule has 0 saturated carbocycles. The summed E-state index contributed by atoms with van der Waals surface area (Å²) in [4.78, 5) is 24.6. The molecule has 0 aliphatic carbocycles. The molecule has 1 amide bonds. The molecule has 1 atom stereocenters. The molecule has 5 heteroatoms. The summed E-state index contributed by atoms with van der Waals surface area (Å²) >= 11 is 0.244. The number of hydrogen-bond donors (Lipinski definition) is 1. The number of esters is 1. The predicted octanol–water partition coefficient (Wildman–Crippen LogP) is 2.19. The summed E-state index contributed by atoms with van der Waals surface area (Å²) in [7, 11) is 1.34. The number of methoxy groups -OCH3 is 1. The molecule has 0 heterocycles. The number of rotatable bonds is 7. The van der Waals surface area contributed by atoms with E-state index in [1.165, 1.54) is 11.6 Å². The van der Waals surface area contributed by atoms with Crippen LogP contribution >= 0.6 is 0 Å². The summed E-state index contributed by atoms with van der Waals surface area (Å²) in [6, 6.07) is 19.0. The van der Waals surface area contributed by atoms with Gasteiger partial charge in [0.15, 0.2) is 0 Å². The summed E-state index contributed by atoms with van der Waals surface area (Å²) in [5.41, 5.74) is -0.501. The number of amides is 1. The SMILES string of the molecule is COC(=O)[C@@](C)(CC[Se]c1ccccc1)NC(=O)c1ccccc1. The van der Waals surface area contributed by atoms with Gasteiger partial charge in [0.25, 0.3) is 0 Å². The van der Waals surface area contributed by atoms with Gasteiger partial charge in [0.05, 0.1) is 0 Å². The standard InChI is InChI=1S/C19H21NO3Se/c1-19(18(22)23-2,13-14-24-16-11-7-4-8-12-16)20-17(21)15-9-5-3-6-10-15/h3-12H,13-14H2,1-2H3,(H,20,21)/t19-/m1/s1. The second-order valence-corrected chi connectivity index (χ2v) is 8.01. The molecule has 0 aliphatic heterocycles. The summed E-state index contributed by atoms with van der Waals surface area (Å²) in [5.74, 6) is -0.689. The van der Waals surface area contributed by atoms with Crippen molar-refractivity contribution in [2.75, 3.05) is 7.11 Å². The third kappa shape index (κ3) is 4.95. The van der Waals surface area contributed by atoms with Gasteiger partial charge in [-0.2, -0.15) is 0 Å². The first kappa shape index (κ1) is 18.2. The average Bonchev–Trinajstić information content (AvgIpc) is 2.62. The molecule has 0 spiro atoms. The summed E-state index contributed by atoms with van der Waals surface area (Å²) in [5, 5.41) is 3.67. The average molecular weight is 390 g/mol. The first-order valence-electron chi connectivity index (χ1n) is 7.69. The summed E-state index contributed by atoms with van der Waals surface area (Å²) < 4.78 is 6.18. The van der Waals surface area contributed by atoms with Gasteiger partial charge in [-0.1, -0.05) is 0 Å². The zero-order chi connectivity index (χ0) is 17.4. The molecule has 0 radical (unpaired) electrons. The molecule has 2 aromatic rings. The molecule has 0 aromatic heterocycles. The predicted molar refractivity (Wildman–Crippen MR) is 95.6 cm³/mol. The number of carbonyl (C=O) groups excluding carboxylic acids is 2. The Hall–Kier alpha value is -2.10. The Balaban J connectivity index is 2.03. The van der Waals surface area contributed by atoms with Gasteiger partial charge < -0.3 is 0 Å². The number of nitrogens with one attached hydrogen (secondary N) is 1. The van der Waals surface area contributed by atoms with Crippen LogP contribution in [0.3, 0.4) is 0 Å². The van der Waals surface area contributed by atoms with E-state index in [9.17, 15) is 9.59 Å². The van der Waals surface area contributed by atoms with Gasteiger partial charge in [0, 0.05) is 0 Å². The topological polar surface area (TPSA) is 55.4 Å². The molecular formula is C19H21NO3Se. The number of carbonyl (C=O) groups is 2. The van der Waals surface area contributed by atoms with Gasteiger partial charge >= 0.3 is 148 Å². The van der Waals surface area contributed by atoms with Crippen LogP contribution in [0.25, 0.3) is 0 Å². The third-order valence-electron chi connectivity index (χ3n) is 3.68. The zero-order valence-electron chi connectivity index (χ0n) is 13.8. The molecule has 0 unspecified atom stereocenters. The van der Waals surface area contributed by atoms with Gasteiger partial charge in [-0.25, -0.2) is 0 Å².